The lowest BCUT2D eigenvalue weighted by Gasteiger charge is -2.10. The summed E-state index contributed by atoms with van der Waals surface area (Å²) < 4.78 is 11.2. The third-order valence-electron chi connectivity index (χ3n) is 3.36. The predicted octanol–water partition coefficient (Wildman–Crippen LogP) is 4.19. The summed E-state index contributed by atoms with van der Waals surface area (Å²) in [5.41, 5.74) is 1.82. The third kappa shape index (κ3) is 5.66. The van der Waals surface area contributed by atoms with Gasteiger partial charge in [-0.25, -0.2) is 0 Å². The summed E-state index contributed by atoms with van der Waals surface area (Å²) in [5.74, 6) is 1.20. The summed E-state index contributed by atoms with van der Waals surface area (Å²) >= 11 is 0. The molecular weight excluding hydrogens is 290 g/mol. The molecule has 1 N–H and O–H groups in total. The number of aryl methyl sites for hydroxylation is 1. The van der Waals surface area contributed by atoms with Crippen molar-refractivity contribution in [2.75, 3.05) is 18.5 Å². The molecule has 0 unspecified atom stereocenters. The van der Waals surface area contributed by atoms with E-state index in [1.165, 1.54) is 0 Å². The first-order valence-electron chi connectivity index (χ1n) is 7.90. The highest BCUT2D eigenvalue weighted by Gasteiger charge is 2.06. The summed E-state index contributed by atoms with van der Waals surface area (Å²) in [7, 11) is 0. The van der Waals surface area contributed by atoms with Crippen LogP contribution in [0.25, 0.3) is 0 Å². The first-order valence-corrected chi connectivity index (χ1v) is 7.90. The minimum absolute atomic E-state index is 0.0350. The van der Waals surface area contributed by atoms with Crippen molar-refractivity contribution in [1.29, 1.82) is 0 Å². The van der Waals surface area contributed by atoms with E-state index < -0.39 is 0 Å². The monoisotopic (exact) mass is 313 g/mol. The molecule has 0 bridgehead atoms. The zero-order valence-electron chi connectivity index (χ0n) is 13.7. The normalized spacial score (nSPS) is 10.2. The Bertz CT molecular complexity index is 640. The lowest BCUT2D eigenvalue weighted by atomic mass is 10.2. The molecule has 122 valence electrons. The van der Waals surface area contributed by atoms with Gasteiger partial charge in [0.15, 0.2) is 6.61 Å². The molecule has 0 radical (unpaired) electrons. The summed E-state index contributed by atoms with van der Waals surface area (Å²) in [6.45, 7) is 4.73. The molecule has 1 amide bonds. The van der Waals surface area contributed by atoms with E-state index in [2.05, 4.69) is 12.2 Å². The first kappa shape index (κ1) is 16.9. The van der Waals surface area contributed by atoms with E-state index in [9.17, 15) is 4.79 Å². The van der Waals surface area contributed by atoms with Crippen molar-refractivity contribution in [3.63, 3.8) is 0 Å². The Morgan fingerprint density at radius 1 is 1.04 bits per heavy atom. The summed E-state index contributed by atoms with van der Waals surface area (Å²) in [6.07, 6.45) is 2.11. The van der Waals surface area contributed by atoms with Gasteiger partial charge in [0.25, 0.3) is 5.91 Å². The largest absolute Gasteiger partial charge is 0.493 e. The van der Waals surface area contributed by atoms with Gasteiger partial charge in [0.05, 0.1) is 6.61 Å². The van der Waals surface area contributed by atoms with Gasteiger partial charge in [-0.05, 0) is 37.1 Å². The van der Waals surface area contributed by atoms with Crippen LogP contribution in [0.1, 0.15) is 25.3 Å². The number of ether oxygens (including phenoxy) is 2. The maximum Gasteiger partial charge on any atom is 0.262 e. The summed E-state index contributed by atoms with van der Waals surface area (Å²) in [5, 5.41) is 2.84. The van der Waals surface area contributed by atoms with Crippen LogP contribution >= 0.6 is 0 Å². The summed E-state index contributed by atoms with van der Waals surface area (Å²) in [4.78, 5) is 12.0. The molecule has 0 aliphatic rings. The van der Waals surface area contributed by atoms with Crippen LogP contribution in [0.4, 0.5) is 5.69 Å². The van der Waals surface area contributed by atoms with Crippen LogP contribution in [0.5, 0.6) is 11.5 Å². The molecule has 4 nitrogen and oxygen atoms in total. The lowest BCUT2D eigenvalue weighted by Crippen LogP contribution is -2.20. The van der Waals surface area contributed by atoms with E-state index in [4.69, 9.17) is 9.47 Å². The number of amides is 1. The molecule has 2 rings (SSSR count). The standard InChI is InChI=1S/C19H23NO3/c1-3-4-12-22-16-9-7-10-17(13-16)23-14-19(21)20-18-11-6-5-8-15(18)2/h5-11,13H,3-4,12,14H2,1-2H3,(H,20,21). The van der Waals surface area contributed by atoms with Crippen molar-refractivity contribution < 1.29 is 14.3 Å². The fraction of sp³-hybridized carbons (Fsp3) is 0.316. The zero-order valence-corrected chi connectivity index (χ0v) is 13.7. The molecule has 0 saturated carbocycles. The summed E-state index contributed by atoms with van der Waals surface area (Å²) in [6, 6.07) is 15.0. The van der Waals surface area contributed by atoms with Crippen molar-refractivity contribution in [3.05, 3.63) is 54.1 Å². The Morgan fingerprint density at radius 3 is 2.52 bits per heavy atom. The van der Waals surface area contributed by atoms with Crippen molar-refractivity contribution in [2.24, 2.45) is 0 Å². The number of benzene rings is 2. The molecule has 4 heteroatoms. The fourth-order valence-electron chi connectivity index (χ4n) is 2.04. The number of carbonyl (C=O) groups excluding carboxylic acids is 1. The van der Waals surface area contributed by atoms with E-state index in [1.807, 2.05) is 49.4 Å². The molecule has 0 spiro atoms. The van der Waals surface area contributed by atoms with Gasteiger partial charge in [-0.3, -0.25) is 4.79 Å². The minimum atomic E-state index is -0.184. The fourth-order valence-corrected chi connectivity index (χ4v) is 2.04. The Kier molecular flexibility index (Phi) is 6.48. The van der Waals surface area contributed by atoms with Gasteiger partial charge in [0.1, 0.15) is 11.5 Å². The number of carbonyl (C=O) groups is 1. The Hall–Kier alpha value is -2.49. The number of nitrogens with one attached hydrogen (secondary N) is 1. The van der Waals surface area contributed by atoms with Crippen LogP contribution in [0.2, 0.25) is 0 Å². The van der Waals surface area contributed by atoms with Gasteiger partial charge in [0, 0.05) is 11.8 Å². The minimum Gasteiger partial charge on any atom is -0.493 e. The van der Waals surface area contributed by atoms with Crippen molar-refractivity contribution in [1.82, 2.24) is 0 Å². The molecule has 2 aromatic carbocycles. The molecule has 0 aliphatic heterocycles. The molecule has 23 heavy (non-hydrogen) atoms. The second kappa shape index (κ2) is 8.83. The van der Waals surface area contributed by atoms with Crippen LogP contribution < -0.4 is 14.8 Å². The van der Waals surface area contributed by atoms with Gasteiger partial charge in [-0.15, -0.1) is 0 Å². The maximum absolute atomic E-state index is 12.0. The number of rotatable bonds is 8. The topological polar surface area (TPSA) is 47.6 Å². The third-order valence-corrected chi connectivity index (χ3v) is 3.36. The quantitative estimate of drug-likeness (QED) is 0.743. The Labute approximate surface area is 137 Å². The van der Waals surface area contributed by atoms with E-state index >= 15 is 0 Å². The van der Waals surface area contributed by atoms with Gasteiger partial charge >= 0.3 is 0 Å². The molecule has 0 saturated heterocycles. The van der Waals surface area contributed by atoms with Crippen LogP contribution in [-0.4, -0.2) is 19.1 Å². The molecule has 2 aromatic rings. The molecule has 0 heterocycles. The van der Waals surface area contributed by atoms with Crippen LogP contribution in [0.3, 0.4) is 0 Å². The number of hydrogen-bond donors (Lipinski definition) is 1. The second-order valence-electron chi connectivity index (χ2n) is 5.33. The van der Waals surface area contributed by atoms with Crippen LogP contribution in [0.15, 0.2) is 48.5 Å². The Balaban J connectivity index is 1.84. The number of unbranched alkanes of at least 4 members (excludes halogenated alkanes) is 1. The van der Waals surface area contributed by atoms with Crippen molar-refractivity contribution in [3.8, 4) is 11.5 Å². The van der Waals surface area contributed by atoms with E-state index in [-0.39, 0.29) is 12.5 Å². The molecule has 0 fully saturated rings. The second-order valence-corrected chi connectivity index (χ2v) is 5.33. The Morgan fingerprint density at radius 2 is 1.78 bits per heavy atom. The van der Waals surface area contributed by atoms with Gasteiger partial charge < -0.3 is 14.8 Å². The first-order chi connectivity index (χ1) is 11.2. The number of para-hydroxylation sites is 1. The number of hydrogen-bond acceptors (Lipinski definition) is 3. The van der Waals surface area contributed by atoms with Crippen LogP contribution in [0, 0.1) is 6.92 Å². The molecule has 0 aliphatic carbocycles. The zero-order chi connectivity index (χ0) is 16.5. The lowest BCUT2D eigenvalue weighted by molar-refractivity contribution is -0.118. The SMILES string of the molecule is CCCCOc1cccc(OCC(=O)Nc2ccccc2C)c1. The molecule has 0 atom stereocenters. The van der Waals surface area contributed by atoms with E-state index in [0.29, 0.717) is 12.4 Å². The van der Waals surface area contributed by atoms with Crippen molar-refractivity contribution >= 4 is 11.6 Å². The van der Waals surface area contributed by atoms with E-state index in [0.717, 1.165) is 29.8 Å². The average molecular weight is 313 g/mol. The molecule has 0 aromatic heterocycles. The highest BCUT2D eigenvalue weighted by molar-refractivity contribution is 5.92. The predicted molar refractivity (Wildman–Crippen MR) is 92.1 cm³/mol. The average Bonchev–Trinajstić information content (AvgIpc) is 2.56. The smallest absolute Gasteiger partial charge is 0.262 e. The van der Waals surface area contributed by atoms with E-state index in [1.54, 1.807) is 6.07 Å². The van der Waals surface area contributed by atoms with Crippen LogP contribution in [-0.2, 0) is 4.79 Å². The molecular formula is C19H23NO3. The number of anilines is 1. The van der Waals surface area contributed by atoms with Crippen molar-refractivity contribution in [2.45, 2.75) is 26.7 Å². The van der Waals surface area contributed by atoms with Gasteiger partial charge in [0.2, 0.25) is 0 Å². The maximum atomic E-state index is 12.0. The highest BCUT2D eigenvalue weighted by Crippen LogP contribution is 2.20. The highest BCUT2D eigenvalue weighted by atomic mass is 16.5. The van der Waals surface area contributed by atoms with Gasteiger partial charge in [-0.2, -0.15) is 0 Å². The van der Waals surface area contributed by atoms with Gasteiger partial charge in [-0.1, -0.05) is 37.6 Å².